The van der Waals surface area contributed by atoms with Gasteiger partial charge in [-0.25, -0.2) is 12.8 Å². The van der Waals surface area contributed by atoms with E-state index in [2.05, 4.69) is 20.9 Å². The molecule has 0 bridgehead atoms. The fraction of sp³-hybridized carbons (Fsp3) is 0.263. The van der Waals surface area contributed by atoms with E-state index in [1.54, 1.807) is 35.2 Å². The molecule has 0 unspecified atom stereocenters. The largest absolute Gasteiger partial charge is 0.314 e. The highest BCUT2D eigenvalue weighted by Crippen LogP contribution is 2.43. The summed E-state index contributed by atoms with van der Waals surface area (Å²) in [5.41, 5.74) is 1.26. The molecule has 2 aromatic carbocycles. The smallest absolute Gasteiger partial charge is 0.252 e. The summed E-state index contributed by atoms with van der Waals surface area (Å²) in [4.78, 5) is 18.6. The molecule has 2 fully saturated rings. The molecule has 2 aliphatic heterocycles. The lowest BCUT2D eigenvalue weighted by Crippen LogP contribution is -2.38. The second-order valence-electron chi connectivity index (χ2n) is 6.86. The van der Waals surface area contributed by atoms with E-state index in [9.17, 15) is 17.6 Å². The highest BCUT2D eigenvalue weighted by atomic mass is 79.9. The number of sulfone groups is 1. The standard InChI is InChI=1S/C19H15BrClFN2O3S2/c20-12-3-6-15(14(21)8-12)24-16-9-29(26,27)10-17(16)28-19(24)23-18(25)7-11-1-4-13(22)5-2-11/h1-6,8,16-17H,7,9-10H2/t16-,17+/m1/s1. The van der Waals surface area contributed by atoms with Crippen molar-refractivity contribution in [3.63, 3.8) is 0 Å². The number of amidine groups is 1. The number of halogens is 3. The average molecular weight is 518 g/mol. The molecule has 5 nitrogen and oxygen atoms in total. The van der Waals surface area contributed by atoms with E-state index in [4.69, 9.17) is 11.6 Å². The lowest BCUT2D eigenvalue weighted by molar-refractivity contribution is -0.117. The number of hydrogen-bond acceptors (Lipinski definition) is 4. The van der Waals surface area contributed by atoms with Crippen LogP contribution in [-0.2, 0) is 21.1 Å². The lowest BCUT2D eigenvalue weighted by atomic mass is 10.1. The Kier molecular flexibility index (Phi) is 5.76. The van der Waals surface area contributed by atoms with Crippen LogP contribution < -0.4 is 4.90 Å². The lowest BCUT2D eigenvalue weighted by Gasteiger charge is -2.25. The van der Waals surface area contributed by atoms with Crippen LogP contribution in [-0.4, -0.2) is 42.3 Å². The summed E-state index contributed by atoms with van der Waals surface area (Å²) in [7, 11) is -3.16. The fourth-order valence-electron chi connectivity index (χ4n) is 3.45. The molecule has 1 amide bonds. The Morgan fingerprint density at radius 1 is 1.24 bits per heavy atom. The first-order valence-corrected chi connectivity index (χ1v) is 12.6. The zero-order valence-electron chi connectivity index (χ0n) is 14.9. The number of anilines is 1. The van der Waals surface area contributed by atoms with Gasteiger partial charge < -0.3 is 4.90 Å². The molecular weight excluding hydrogens is 503 g/mol. The Hall–Kier alpha value is -1.42. The van der Waals surface area contributed by atoms with E-state index >= 15 is 0 Å². The van der Waals surface area contributed by atoms with Gasteiger partial charge in [0.15, 0.2) is 15.0 Å². The zero-order valence-corrected chi connectivity index (χ0v) is 18.9. The maximum Gasteiger partial charge on any atom is 0.252 e. The van der Waals surface area contributed by atoms with Gasteiger partial charge in [0.05, 0.1) is 34.7 Å². The Bertz CT molecular complexity index is 1110. The van der Waals surface area contributed by atoms with Crippen LogP contribution in [0, 0.1) is 5.82 Å². The summed E-state index contributed by atoms with van der Waals surface area (Å²) in [6.45, 7) is 0. The third-order valence-electron chi connectivity index (χ3n) is 4.72. The predicted molar refractivity (Wildman–Crippen MR) is 118 cm³/mol. The van der Waals surface area contributed by atoms with E-state index in [1.165, 1.54) is 23.9 Å². The van der Waals surface area contributed by atoms with Crippen LogP contribution in [0.1, 0.15) is 5.56 Å². The van der Waals surface area contributed by atoms with Crippen molar-refractivity contribution in [3.05, 3.63) is 63.3 Å². The normalized spacial score (nSPS) is 24.1. The third-order valence-corrected chi connectivity index (χ3v) is 8.73. The molecule has 0 saturated carbocycles. The van der Waals surface area contributed by atoms with Gasteiger partial charge in [0, 0.05) is 9.72 Å². The number of carbonyl (C=O) groups is 1. The van der Waals surface area contributed by atoms with Gasteiger partial charge in [-0.1, -0.05) is 51.4 Å². The number of nitrogens with zero attached hydrogens (tertiary/aromatic N) is 2. The molecule has 0 N–H and O–H groups in total. The van der Waals surface area contributed by atoms with Gasteiger partial charge in [-0.2, -0.15) is 4.99 Å². The molecule has 2 heterocycles. The highest BCUT2D eigenvalue weighted by Gasteiger charge is 2.49. The molecular formula is C19H15BrClFN2O3S2. The van der Waals surface area contributed by atoms with Crippen LogP contribution >= 0.6 is 39.3 Å². The molecule has 10 heteroatoms. The predicted octanol–water partition coefficient (Wildman–Crippen LogP) is 4.09. The Morgan fingerprint density at radius 2 is 1.97 bits per heavy atom. The van der Waals surface area contributed by atoms with Crippen molar-refractivity contribution in [1.82, 2.24) is 0 Å². The number of carbonyl (C=O) groups excluding carboxylic acids is 1. The molecule has 2 aromatic rings. The summed E-state index contributed by atoms with van der Waals surface area (Å²) in [6, 6.07) is 10.6. The van der Waals surface area contributed by atoms with Gasteiger partial charge in [-0.05, 0) is 35.9 Å². The Morgan fingerprint density at radius 3 is 2.66 bits per heavy atom. The van der Waals surface area contributed by atoms with Gasteiger partial charge >= 0.3 is 0 Å². The van der Waals surface area contributed by atoms with Gasteiger partial charge in [0.25, 0.3) is 5.91 Å². The number of rotatable bonds is 3. The van der Waals surface area contributed by atoms with E-state index in [-0.39, 0.29) is 40.9 Å². The second-order valence-corrected chi connectivity index (χ2v) is 11.5. The fourth-order valence-corrected chi connectivity index (χ4v) is 8.13. The first kappa shape index (κ1) is 20.8. The molecule has 29 heavy (non-hydrogen) atoms. The van der Waals surface area contributed by atoms with E-state index in [0.717, 1.165) is 4.47 Å². The van der Waals surface area contributed by atoms with Crippen LogP contribution in [0.25, 0.3) is 0 Å². The Balaban J connectivity index is 1.66. The van der Waals surface area contributed by atoms with Crippen molar-refractivity contribution in [2.75, 3.05) is 16.4 Å². The highest BCUT2D eigenvalue weighted by molar-refractivity contribution is 9.10. The summed E-state index contributed by atoms with van der Waals surface area (Å²) in [6.07, 6.45) is 0.0277. The number of aliphatic imine (C=N–C) groups is 1. The molecule has 2 saturated heterocycles. The first-order valence-electron chi connectivity index (χ1n) is 8.69. The number of fused-ring (bicyclic) bond motifs is 1. The van der Waals surface area contributed by atoms with Crippen molar-refractivity contribution in [2.45, 2.75) is 17.7 Å². The second kappa shape index (κ2) is 8.02. The molecule has 0 radical (unpaired) electrons. The zero-order chi connectivity index (χ0) is 20.8. The molecule has 4 rings (SSSR count). The average Bonchev–Trinajstić information content (AvgIpc) is 3.08. The van der Waals surface area contributed by atoms with Crippen LogP contribution in [0.15, 0.2) is 51.9 Å². The Labute approximate surface area is 185 Å². The van der Waals surface area contributed by atoms with Gasteiger partial charge in [-0.15, -0.1) is 0 Å². The number of amides is 1. The SMILES string of the molecule is O=C(Cc1ccc(F)cc1)N=C1S[C@H]2CS(=O)(=O)C[C@H]2N1c1ccc(Br)cc1Cl. The minimum absolute atomic E-state index is 0.0117. The first-order chi connectivity index (χ1) is 13.7. The van der Waals surface area contributed by atoms with Crippen molar-refractivity contribution in [2.24, 2.45) is 4.99 Å². The molecule has 152 valence electrons. The molecule has 0 aromatic heterocycles. The molecule has 0 spiro atoms. The number of hydrogen-bond donors (Lipinski definition) is 0. The van der Waals surface area contributed by atoms with Crippen LogP contribution in [0.2, 0.25) is 5.02 Å². The maximum absolute atomic E-state index is 13.1. The van der Waals surface area contributed by atoms with E-state index in [1.807, 2.05) is 0 Å². The van der Waals surface area contributed by atoms with Crippen LogP contribution in [0.3, 0.4) is 0 Å². The number of thioether (sulfide) groups is 1. The van der Waals surface area contributed by atoms with Crippen LogP contribution in [0.5, 0.6) is 0 Å². The van der Waals surface area contributed by atoms with Crippen molar-refractivity contribution < 1.29 is 17.6 Å². The van der Waals surface area contributed by atoms with Crippen molar-refractivity contribution >= 4 is 65.9 Å². The summed E-state index contributed by atoms with van der Waals surface area (Å²) < 4.78 is 38.1. The van der Waals surface area contributed by atoms with Crippen molar-refractivity contribution in [1.29, 1.82) is 0 Å². The van der Waals surface area contributed by atoms with Gasteiger partial charge in [0.2, 0.25) is 0 Å². The van der Waals surface area contributed by atoms with E-state index in [0.29, 0.717) is 21.4 Å². The number of benzene rings is 2. The summed E-state index contributed by atoms with van der Waals surface area (Å²) >= 11 is 11.1. The monoisotopic (exact) mass is 516 g/mol. The van der Waals surface area contributed by atoms with Gasteiger partial charge in [0.1, 0.15) is 5.82 Å². The molecule has 0 aliphatic carbocycles. The molecule has 2 atom stereocenters. The minimum Gasteiger partial charge on any atom is -0.314 e. The van der Waals surface area contributed by atoms with Crippen molar-refractivity contribution in [3.8, 4) is 0 Å². The molecule has 2 aliphatic rings. The topological polar surface area (TPSA) is 66.8 Å². The minimum atomic E-state index is -3.16. The van der Waals surface area contributed by atoms with Gasteiger partial charge in [-0.3, -0.25) is 4.79 Å². The van der Waals surface area contributed by atoms with E-state index < -0.39 is 9.84 Å². The quantitative estimate of drug-likeness (QED) is 0.614. The third kappa shape index (κ3) is 4.52. The summed E-state index contributed by atoms with van der Waals surface area (Å²) in [5.74, 6) is -0.732. The summed E-state index contributed by atoms with van der Waals surface area (Å²) in [5, 5.41) is 0.659. The maximum atomic E-state index is 13.1. The van der Waals surface area contributed by atoms with Crippen LogP contribution in [0.4, 0.5) is 10.1 Å².